The first kappa shape index (κ1) is 82.3. The number of nitrogens with zero attached hydrogens (tertiary/aromatic N) is 3. The maximum atomic E-state index is 13.8. The van der Waals surface area contributed by atoms with Gasteiger partial charge in [-0.2, -0.15) is 0 Å². The van der Waals surface area contributed by atoms with Gasteiger partial charge in [0.15, 0.2) is 0 Å². The Bertz CT molecular complexity index is 4810. The minimum absolute atomic E-state index is 0.00291. The molecular weight excluding hydrogens is 1460 g/mol. The van der Waals surface area contributed by atoms with Crippen LogP contribution in [0.1, 0.15) is 200 Å². The molecule has 0 spiro atoms. The van der Waals surface area contributed by atoms with E-state index in [-0.39, 0.29) is 164 Å². The van der Waals surface area contributed by atoms with Crippen LogP contribution in [0.15, 0.2) is 176 Å². The highest BCUT2D eigenvalue weighted by Gasteiger charge is 2.64. The van der Waals surface area contributed by atoms with Gasteiger partial charge in [-0.05, 0) is 275 Å². The van der Waals surface area contributed by atoms with E-state index in [1.165, 1.54) is 26.8 Å². The third kappa shape index (κ3) is 15.6. The summed E-state index contributed by atoms with van der Waals surface area (Å²) in [6, 6.07) is 51.7. The number of ether oxygens (including phenoxy) is 3. The van der Waals surface area contributed by atoms with Crippen LogP contribution in [0.2, 0.25) is 0 Å². The highest BCUT2D eigenvalue weighted by Crippen LogP contribution is 2.63. The molecule has 0 radical (unpaired) electrons. The van der Waals surface area contributed by atoms with E-state index in [1.54, 1.807) is 60.7 Å². The standard InChI is InChI=1S/C36H35NO5.C33H39NO5.C29H39NO5/c1-23(25-10-12-28(13-11-25)35(41)42-36(3,4)29-8-6-5-7-9-29)22-32-24(2)33(39)37(34(32)40)30-18-14-26(15-19-30)27-16-20-31(38)21-17-27;1-4-33(15-5-6-16-33)39-32(38)27-18-23-17-26(27)19(2)28(23)29-20(3)30(36)34(31(29)37)24-11-7-21(8-12-24)22-9-13-25(35)14-10-22;1-16-21-14-18(15-22(21)27(34)35-29(28(3,4)5)12-6-7-13-29)23(16)24-17(2)25(32)30(26(24)33)19-8-10-20(31)11-9-19/h5-21,23-24,32,38H,22H2,1-4H3;7-14,19-20,23,26-29,35H,4-6,15-18H2,1-3H3;8-11,16-18,21-24,31H,6-7,12-15H2,1-5H3. The molecule has 9 aliphatic rings. The lowest BCUT2D eigenvalue weighted by Crippen LogP contribution is -2.47. The number of carbonyl (C=O) groups is 9. The largest absolute Gasteiger partial charge is 0.508 e. The lowest BCUT2D eigenvalue weighted by atomic mass is 9.67. The summed E-state index contributed by atoms with van der Waals surface area (Å²) in [6.07, 6.45) is 13.0. The predicted octanol–water partition coefficient (Wildman–Crippen LogP) is 19.2. The molecular formula is C98H113N3O15. The summed E-state index contributed by atoms with van der Waals surface area (Å²) in [5, 5.41) is 28.7. The smallest absolute Gasteiger partial charge is 0.338 e. The number of fused-ring (bicyclic) bond motifs is 4. The van der Waals surface area contributed by atoms with Crippen molar-refractivity contribution in [1.29, 1.82) is 0 Å². The molecule has 3 saturated heterocycles. The first-order valence-electron chi connectivity index (χ1n) is 42.3. The maximum absolute atomic E-state index is 13.8. The quantitative estimate of drug-likeness (QED) is 0.0410. The molecule has 18 heteroatoms. The van der Waals surface area contributed by atoms with Crippen molar-refractivity contribution in [2.45, 2.75) is 196 Å². The van der Waals surface area contributed by atoms with Crippen LogP contribution in [0.5, 0.6) is 17.2 Å². The van der Waals surface area contributed by atoms with Gasteiger partial charge in [-0.1, -0.05) is 160 Å². The molecule has 17 unspecified atom stereocenters. The van der Waals surface area contributed by atoms with Crippen LogP contribution in [0.25, 0.3) is 22.3 Å². The lowest BCUT2D eigenvalue weighted by Gasteiger charge is -2.43. The zero-order valence-corrected chi connectivity index (χ0v) is 69.0. The van der Waals surface area contributed by atoms with E-state index in [0.717, 1.165) is 117 Å². The van der Waals surface area contributed by atoms with Crippen LogP contribution in [0, 0.1) is 100 Å². The van der Waals surface area contributed by atoms with Crippen molar-refractivity contribution in [3.63, 3.8) is 0 Å². The Morgan fingerprint density at radius 1 is 0.457 bits per heavy atom. The minimum atomic E-state index is -0.770. The van der Waals surface area contributed by atoms with Crippen LogP contribution in [-0.2, 0) is 58.2 Å². The summed E-state index contributed by atoms with van der Waals surface area (Å²) < 4.78 is 18.4. The summed E-state index contributed by atoms with van der Waals surface area (Å²) in [5.74, 6) is -1.98. The van der Waals surface area contributed by atoms with Gasteiger partial charge in [0, 0.05) is 23.2 Å². The summed E-state index contributed by atoms with van der Waals surface area (Å²) in [5.41, 5.74) is 6.25. The Balaban J connectivity index is 0.000000144. The van der Waals surface area contributed by atoms with Crippen molar-refractivity contribution in [3.05, 3.63) is 193 Å². The molecule has 7 aromatic rings. The van der Waals surface area contributed by atoms with Crippen LogP contribution in [-0.4, -0.2) is 79.9 Å². The summed E-state index contributed by atoms with van der Waals surface area (Å²) in [6.45, 7) is 24.3. The van der Waals surface area contributed by atoms with Gasteiger partial charge in [-0.25, -0.2) is 4.79 Å². The number of phenolic OH excluding ortho intramolecular Hbond substituents is 3. The molecule has 610 valence electrons. The van der Waals surface area contributed by atoms with Crippen LogP contribution < -0.4 is 14.7 Å². The second-order valence-corrected chi connectivity index (χ2v) is 36.7. The molecule has 6 saturated carbocycles. The molecule has 16 rings (SSSR count). The Morgan fingerprint density at radius 3 is 1.25 bits per heavy atom. The highest BCUT2D eigenvalue weighted by molar-refractivity contribution is 6.23. The third-order valence-electron chi connectivity index (χ3n) is 28.9. The monoisotopic (exact) mass is 1570 g/mol. The number of hydrogen-bond donors (Lipinski definition) is 3. The van der Waals surface area contributed by atoms with Gasteiger partial charge in [-0.15, -0.1) is 0 Å². The number of rotatable bonds is 18. The first-order valence-corrected chi connectivity index (χ1v) is 42.3. The number of esters is 3. The number of benzene rings is 7. The second-order valence-electron chi connectivity index (χ2n) is 36.7. The normalized spacial score (nSPS) is 28.5. The molecule has 18 nitrogen and oxygen atoms in total. The highest BCUT2D eigenvalue weighted by atomic mass is 16.6. The molecule has 9 fully saturated rings. The van der Waals surface area contributed by atoms with Crippen molar-refractivity contribution in [3.8, 4) is 39.5 Å². The molecule has 3 heterocycles. The number of amides is 6. The summed E-state index contributed by atoms with van der Waals surface area (Å²) >= 11 is 0. The van der Waals surface area contributed by atoms with Gasteiger partial charge in [0.05, 0.1) is 52.2 Å². The second kappa shape index (κ2) is 32.7. The van der Waals surface area contributed by atoms with E-state index in [9.17, 15) is 58.5 Å². The number of hydrogen-bond acceptors (Lipinski definition) is 15. The number of anilines is 3. The summed E-state index contributed by atoms with van der Waals surface area (Å²) in [4.78, 5) is 124. The summed E-state index contributed by atoms with van der Waals surface area (Å²) in [7, 11) is 0. The molecule has 0 aromatic heterocycles. The van der Waals surface area contributed by atoms with E-state index < -0.39 is 29.3 Å². The third-order valence-corrected chi connectivity index (χ3v) is 28.9. The van der Waals surface area contributed by atoms with Gasteiger partial charge in [0.1, 0.15) is 34.1 Å². The van der Waals surface area contributed by atoms with E-state index in [4.69, 9.17) is 14.2 Å². The van der Waals surface area contributed by atoms with Crippen LogP contribution in [0.3, 0.4) is 0 Å². The van der Waals surface area contributed by atoms with Crippen LogP contribution in [0.4, 0.5) is 17.1 Å². The van der Waals surface area contributed by atoms with E-state index >= 15 is 0 Å². The molecule has 3 N–H and O–H groups in total. The fourth-order valence-electron chi connectivity index (χ4n) is 22.0. The Hall–Kier alpha value is -10.2. The molecule has 6 amide bonds. The van der Waals surface area contributed by atoms with Gasteiger partial charge in [0.2, 0.25) is 35.4 Å². The van der Waals surface area contributed by atoms with Gasteiger partial charge in [0.25, 0.3) is 0 Å². The molecule has 6 aliphatic carbocycles. The fraction of sp³-hybridized carbons (Fsp3) is 0.480. The van der Waals surface area contributed by atoms with Crippen molar-refractivity contribution in [1.82, 2.24) is 0 Å². The number of phenols is 3. The number of imide groups is 3. The van der Waals surface area contributed by atoms with Crippen LogP contribution >= 0.6 is 0 Å². The van der Waals surface area contributed by atoms with Gasteiger partial charge in [-0.3, -0.25) is 53.1 Å². The predicted molar refractivity (Wildman–Crippen MR) is 444 cm³/mol. The fourth-order valence-corrected chi connectivity index (χ4v) is 22.0. The minimum Gasteiger partial charge on any atom is -0.508 e. The zero-order valence-electron chi connectivity index (χ0n) is 69.0. The molecule has 17 atom stereocenters. The first-order chi connectivity index (χ1) is 55.2. The Kier molecular flexibility index (Phi) is 23.2. The van der Waals surface area contributed by atoms with E-state index in [2.05, 4.69) is 41.5 Å². The van der Waals surface area contributed by atoms with E-state index in [1.807, 2.05) is 145 Å². The zero-order chi connectivity index (χ0) is 82.8. The molecule has 4 bridgehead atoms. The van der Waals surface area contributed by atoms with Crippen molar-refractivity contribution < 1.29 is 72.7 Å². The van der Waals surface area contributed by atoms with E-state index in [0.29, 0.717) is 29.0 Å². The Labute approximate surface area is 682 Å². The average molecular weight is 1570 g/mol. The lowest BCUT2D eigenvalue weighted by molar-refractivity contribution is -0.180. The number of aromatic hydroxyl groups is 3. The SMILES string of the molecule is CC(CC1C(=O)N(c2ccc(-c3ccc(O)cc3)cc2)C(=O)C1C)c1ccc(C(=O)OC(C)(C)c2ccccc2)cc1.CC1C(=O)N(c2ccc(O)cc2)C(=O)C1C1C2CC(C(=O)OC3(C(C)(C)C)CCCC3)C(C2)C1C.CCC1(OC(=O)C2CC3CC2C(C)C3C2C(=O)N(c3ccc(-c4ccc(O)cc4)cc3)C(=O)C2C)CCCC1. The van der Waals surface area contributed by atoms with Crippen molar-refractivity contribution >= 4 is 70.4 Å². The van der Waals surface area contributed by atoms with Crippen molar-refractivity contribution in [2.24, 2.45) is 100 Å². The number of carbonyl (C=O) groups excluding carboxylic acids is 9. The van der Waals surface area contributed by atoms with Gasteiger partial charge >= 0.3 is 17.9 Å². The van der Waals surface area contributed by atoms with Crippen molar-refractivity contribution in [2.75, 3.05) is 14.7 Å². The molecule has 116 heavy (non-hydrogen) atoms. The molecule has 7 aromatic carbocycles. The topological polar surface area (TPSA) is 252 Å². The Morgan fingerprint density at radius 2 is 0.836 bits per heavy atom. The molecule has 3 aliphatic heterocycles. The average Bonchev–Trinajstić information content (AvgIpc) is 1.57. The maximum Gasteiger partial charge on any atom is 0.338 e. The van der Waals surface area contributed by atoms with Gasteiger partial charge < -0.3 is 29.5 Å².